The molecule has 1 aliphatic heterocycles. The van der Waals surface area contributed by atoms with Gasteiger partial charge in [-0.1, -0.05) is 30.9 Å². The minimum Gasteiger partial charge on any atom is -0.381 e. The van der Waals surface area contributed by atoms with Gasteiger partial charge in [-0.3, -0.25) is 0 Å². The number of nitrogens with one attached hydrogen (secondary N) is 1. The van der Waals surface area contributed by atoms with E-state index in [9.17, 15) is 4.39 Å². The SMILES string of the molecule is Fc1ccc(Cl)c(NC2CCOC3(CCCCC3)C2)c1. The normalized spacial score (nSPS) is 25.6. The lowest BCUT2D eigenvalue weighted by Gasteiger charge is -2.44. The van der Waals surface area contributed by atoms with E-state index in [0.29, 0.717) is 16.8 Å². The molecule has 1 aromatic rings. The van der Waals surface area contributed by atoms with Crippen LogP contribution in [0.15, 0.2) is 18.2 Å². The quantitative estimate of drug-likeness (QED) is 0.849. The van der Waals surface area contributed by atoms with Crippen molar-refractivity contribution in [3.05, 3.63) is 29.0 Å². The topological polar surface area (TPSA) is 21.3 Å². The summed E-state index contributed by atoms with van der Waals surface area (Å²) >= 11 is 6.13. The Labute approximate surface area is 124 Å². The monoisotopic (exact) mass is 297 g/mol. The summed E-state index contributed by atoms with van der Waals surface area (Å²) in [7, 11) is 0. The van der Waals surface area contributed by atoms with E-state index < -0.39 is 0 Å². The van der Waals surface area contributed by atoms with Crippen LogP contribution in [0.4, 0.5) is 10.1 Å². The smallest absolute Gasteiger partial charge is 0.125 e. The van der Waals surface area contributed by atoms with Crippen molar-refractivity contribution in [2.45, 2.75) is 56.6 Å². The van der Waals surface area contributed by atoms with Gasteiger partial charge < -0.3 is 10.1 Å². The Morgan fingerprint density at radius 1 is 1.25 bits per heavy atom. The van der Waals surface area contributed by atoms with Crippen LogP contribution < -0.4 is 5.32 Å². The van der Waals surface area contributed by atoms with E-state index in [1.807, 2.05) is 0 Å². The van der Waals surface area contributed by atoms with Crippen molar-refractivity contribution < 1.29 is 9.13 Å². The lowest BCUT2D eigenvalue weighted by atomic mass is 9.78. The molecule has 2 aliphatic rings. The van der Waals surface area contributed by atoms with Gasteiger partial charge in [0.15, 0.2) is 0 Å². The molecule has 1 atom stereocenters. The van der Waals surface area contributed by atoms with E-state index >= 15 is 0 Å². The Morgan fingerprint density at radius 3 is 2.85 bits per heavy atom. The van der Waals surface area contributed by atoms with Gasteiger partial charge in [0.1, 0.15) is 5.82 Å². The van der Waals surface area contributed by atoms with E-state index in [4.69, 9.17) is 16.3 Å². The molecule has 1 aromatic carbocycles. The Kier molecular flexibility index (Phi) is 4.18. The molecule has 0 bridgehead atoms. The van der Waals surface area contributed by atoms with Gasteiger partial charge in [0.05, 0.1) is 16.3 Å². The van der Waals surface area contributed by atoms with Crippen molar-refractivity contribution in [1.82, 2.24) is 0 Å². The first kappa shape index (κ1) is 14.2. The molecule has 1 spiro atoms. The van der Waals surface area contributed by atoms with Crippen LogP contribution in [0.25, 0.3) is 0 Å². The average Bonchev–Trinajstić information content (AvgIpc) is 2.44. The standard InChI is InChI=1S/C16H21ClFNO/c17-14-5-4-12(18)10-15(14)19-13-6-9-20-16(11-13)7-2-1-3-8-16/h4-5,10,13,19H,1-3,6-9,11H2. The first-order chi connectivity index (χ1) is 9.67. The Morgan fingerprint density at radius 2 is 2.05 bits per heavy atom. The molecule has 1 N–H and O–H groups in total. The number of benzene rings is 1. The van der Waals surface area contributed by atoms with Crippen molar-refractivity contribution in [2.24, 2.45) is 0 Å². The molecule has 3 rings (SSSR count). The molecule has 20 heavy (non-hydrogen) atoms. The fourth-order valence-corrected chi connectivity index (χ4v) is 3.70. The number of rotatable bonds is 2. The second kappa shape index (κ2) is 5.90. The number of halogens is 2. The molecule has 0 amide bonds. The predicted molar refractivity (Wildman–Crippen MR) is 79.8 cm³/mol. The number of hydrogen-bond acceptors (Lipinski definition) is 2. The second-order valence-corrected chi connectivity index (χ2v) is 6.46. The minimum atomic E-state index is -0.253. The van der Waals surface area contributed by atoms with Crippen molar-refractivity contribution >= 4 is 17.3 Å². The third-order valence-electron chi connectivity index (χ3n) is 4.55. The highest BCUT2D eigenvalue weighted by molar-refractivity contribution is 6.33. The van der Waals surface area contributed by atoms with Crippen molar-refractivity contribution in [1.29, 1.82) is 0 Å². The Balaban J connectivity index is 1.69. The number of anilines is 1. The third-order valence-corrected chi connectivity index (χ3v) is 4.88. The lowest BCUT2D eigenvalue weighted by molar-refractivity contribution is -0.103. The highest BCUT2D eigenvalue weighted by Gasteiger charge is 2.38. The van der Waals surface area contributed by atoms with E-state index in [1.165, 1.54) is 31.4 Å². The molecule has 1 aliphatic carbocycles. The molecular weight excluding hydrogens is 277 g/mol. The molecule has 1 saturated heterocycles. The van der Waals surface area contributed by atoms with Gasteiger partial charge in [0.25, 0.3) is 0 Å². The molecule has 2 fully saturated rings. The van der Waals surface area contributed by atoms with Crippen LogP contribution in [0.5, 0.6) is 0 Å². The summed E-state index contributed by atoms with van der Waals surface area (Å²) in [5.74, 6) is -0.253. The van der Waals surface area contributed by atoms with E-state index in [0.717, 1.165) is 32.3 Å². The van der Waals surface area contributed by atoms with E-state index in [-0.39, 0.29) is 11.4 Å². The van der Waals surface area contributed by atoms with Crippen LogP contribution in [0.3, 0.4) is 0 Å². The van der Waals surface area contributed by atoms with Crippen LogP contribution in [-0.4, -0.2) is 18.2 Å². The highest BCUT2D eigenvalue weighted by atomic mass is 35.5. The summed E-state index contributed by atoms with van der Waals surface area (Å²) in [5.41, 5.74) is 0.748. The Hall–Kier alpha value is -0.800. The lowest BCUT2D eigenvalue weighted by Crippen LogP contribution is -2.45. The van der Waals surface area contributed by atoms with Gasteiger partial charge in [-0.2, -0.15) is 0 Å². The maximum absolute atomic E-state index is 13.3. The molecule has 2 nitrogen and oxygen atoms in total. The summed E-state index contributed by atoms with van der Waals surface area (Å²) in [6, 6.07) is 4.79. The number of ether oxygens (including phenoxy) is 1. The third kappa shape index (κ3) is 3.09. The summed E-state index contributed by atoms with van der Waals surface area (Å²) in [6.45, 7) is 0.782. The zero-order valence-electron chi connectivity index (χ0n) is 11.6. The van der Waals surface area contributed by atoms with Crippen molar-refractivity contribution in [3.8, 4) is 0 Å². The van der Waals surface area contributed by atoms with Gasteiger partial charge in [-0.15, -0.1) is 0 Å². The van der Waals surface area contributed by atoms with E-state index in [1.54, 1.807) is 6.07 Å². The molecule has 110 valence electrons. The van der Waals surface area contributed by atoms with Crippen molar-refractivity contribution in [2.75, 3.05) is 11.9 Å². The maximum Gasteiger partial charge on any atom is 0.125 e. The molecule has 0 radical (unpaired) electrons. The van der Waals surface area contributed by atoms with Gasteiger partial charge in [0.2, 0.25) is 0 Å². The fourth-order valence-electron chi connectivity index (χ4n) is 3.52. The van der Waals surface area contributed by atoms with Crippen molar-refractivity contribution in [3.63, 3.8) is 0 Å². The summed E-state index contributed by atoms with van der Waals surface area (Å²) in [6.07, 6.45) is 8.10. The molecule has 0 aromatic heterocycles. The summed E-state index contributed by atoms with van der Waals surface area (Å²) < 4.78 is 19.4. The zero-order chi connectivity index (χ0) is 14.0. The second-order valence-electron chi connectivity index (χ2n) is 6.05. The predicted octanol–water partition coefficient (Wildman–Crippen LogP) is 4.77. The average molecular weight is 298 g/mol. The van der Waals surface area contributed by atoms with Crippen LogP contribution >= 0.6 is 11.6 Å². The van der Waals surface area contributed by atoms with Crippen LogP contribution in [-0.2, 0) is 4.74 Å². The van der Waals surface area contributed by atoms with Gasteiger partial charge in [0, 0.05) is 12.6 Å². The van der Waals surface area contributed by atoms with Crippen LogP contribution in [0.1, 0.15) is 44.9 Å². The first-order valence-electron chi connectivity index (χ1n) is 7.52. The minimum absolute atomic E-state index is 0.0496. The van der Waals surface area contributed by atoms with E-state index in [2.05, 4.69) is 5.32 Å². The first-order valence-corrected chi connectivity index (χ1v) is 7.90. The molecule has 1 unspecified atom stereocenters. The van der Waals surface area contributed by atoms with Gasteiger partial charge in [-0.25, -0.2) is 4.39 Å². The van der Waals surface area contributed by atoms with Gasteiger partial charge in [-0.05, 0) is 43.9 Å². The molecule has 4 heteroatoms. The highest BCUT2D eigenvalue weighted by Crippen LogP contribution is 2.39. The fraction of sp³-hybridized carbons (Fsp3) is 0.625. The largest absolute Gasteiger partial charge is 0.381 e. The van der Waals surface area contributed by atoms with Gasteiger partial charge >= 0.3 is 0 Å². The maximum atomic E-state index is 13.3. The number of hydrogen-bond donors (Lipinski definition) is 1. The zero-order valence-corrected chi connectivity index (χ0v) is 12.4. The molecule has 1 saturated carbocycles. The summed E-state index contributed by atoms with van der Waals surface area (Å²) in [4.78, 5) is 0. The molecular formula is C16H21ClFNO. The van der Waals surface area contributed by atoms with Crippen LogP contribution in [0.2, 0.25) is 5.02 Å². The Bertz CT molecular complexity index is 468. The van der Waals surface area contributed by atoms with Crippen LogP contribution in [0, 0.1) is 5.82 Å². The summed E-state index contributed by atoms with van der Waals surface area (Å²) in [5, 5.41) is 3.99. The molecule has 1 heterocycles.